The third-order valence-electron chi connectivity index (χ3n) is 3.99. The van der Waals surface area contributed by atoms with E-state index in [2.05, 4.69) is 10.3 Å². The molecule has 0 radical (unpaired) electrons. The van der Waals surface area contributed by atoms with Crippen molar-refractivity contribution in [3.63, 3.8) is 0 Å². The second-order valence-electron chi connectivity index (χ2n) is 5.47. The highest BCUT2D eigenvalue weighted by Gasteiger charge is 2.21. The number of hydrogen-bond donors (Lipinski definition) is 2. The Morgan fingerprint density at radius 1 is 1.43 bits per heavy atom. The maximum Gasteiger partial charge on any atom is 0.270 e. The molecule has 0 aromatic carbocycles. The van der Waals surface area contributed by atoms with E-state index >= 15 is 0 Å². The minimum atomic E-state index is -0.467. The molecule has 6 nitrogen and oxygen atoms in total. The van der Waals surface area contributed by atoms with Crippen LogP contribution in [-0.2, 0) is 0 Å². The van der Waals surface area contributed by atoms with Crippen LogP contribution in [0.5, 0.6) is 5.75 Å². The predicted octanol–water partition coefficient (Wildman–Crippen LogP) is 1.38. The summed E-state index contributed by atoms with van der Waals surface area (Å²) in [5.41, 5.74) is 0.330. The molecule has 0 aliphatic heterocycles. The van der Waals surface area contributed by atoms with Gasteiger partial charge in [0.2, 0.25) is 0 Å². The van der Waals surface area contributed by atoms with Crippen molar-refractivity contribution in [1.82, 2.24) is 14.7 Å². The van der Waals surface area contributed by atoms with Gasteiger partial charge in [-0.1, -0.05) is 12.8 Å². The van der Waals surface area contributed by atoms with E-state index in [-0.39, 0.29) is 23.0 Å². The van der Waals surface area contributed by atoms with Gasteiger partial charge in [-0.3, -0.25) is 14.0 Å². The lowest BCUT2D eigenvalue weighted by molar-refractivity contribution is 0.0936. The van der Waals surface area contributed by atoms with Gasteiger partial charge in [0.15, 0.2) is 11.4 Å². The Hall–Kier alpha value is -2.37. The van der Waals surface area contributed by atoms with Crippen molar-refractivity contribution in [1.29, 1.82) is 0 Å². The second kappa shape index (κ2) is 5.20. The molecule has 21 heavy (non-hydrogen) atoms. The van der Waals surface area contributed by atoms with Crippen LogP contribution in [0.1, 0.15) is 41.6 Å². The van der Waals surface area contributed by atoms with Crippen LogP contribution in [-0.4, -0.2) is 26.4 Å². The molecule has 2 aromatic heterocycles. The number of aryl methyl sites for hydroxylation is 1. The number of pyridine rings is 1. The van der Waals surface area contributed by atoms with Crippen molar-refractivity contribution in [2.24, 2.45) is 0 Å². The van der Waals surface area contributed by atoms with Crippen LogP contribution < -0.4 is 10.9 Å². The molecule has 6 heteroatoms. The summed E-state index contributed by atoms with van der Waals surface area (Å²) in [7, 11) is 0. The fourth-order valence-corrected chi connectivity index (χ4v) is 2.71. The van der Waals surface area contributed by atoms with Crippen LogP contribution in [0.2, 0.25) is 0 Å². The van der Waals surface area contributed by atoms with E-state index in [0.29, 0.717) is 5.56 Å². The normalized spacial score (nSPS) is 15.5. The SMILES string of the molecule is Cc1ccn2c(=O)c(C(=O)NC3CCCC3)cnc2c1O. The molecule has 0 saturated heterocycles. The molecule has 1 saturated carbocycles. The second-order valence-corrected chi connectivity index (χ2v) is 5.47. The first-order valence-electron chi connectivity index (χ1n) is 7.08. The van der Waals surface area contributed by atoms with Crippen LogP contribution in [0.15, 0.2) is 23.3 Å². The molecule has 1 amide bonds. The number of aromatic hydroxyl groups is 1. The minimum absolute atomic E-state index is 0.00246. The lowest BCUT2D eigenvalue weighted by Gasteiger charge is -2.12. The maximum atomic E-state index is 12.4. The largest absolute Gasteiger partial charge is 0.504 e. The van der Waals surface area contributed by atoms with Crippen LogP contribution in [0.4, 0.5) is 0 Å². The first-order chi connectivity index (χ1) is 10.1. The maximum absolute atomic E-state index is 12.4. The number of nitrogens with zero attached hydrogens (tertiary/aromatic N) is 2. The molecule has 3 rings (SSSR count). The van der Waals surface area contributed by atoms with Gasteiger partial charge in [-0.2, -0.15) is 0 Å². The molecule has 1 aliphatic rings. The van der Waals surface area contributed by atoms with Gasteiger partial charge in [-0.15, -0.1) is 0 Å². The summed E-state index contributed by atoms with van der Waals surface area (Å²) in [5.74, 6) is -0.439. The Morgan fingerprint density at radius 3 is 2.86 bits per heavy atom. The third kappa shape index (κ3) is 2.37. The van der Waals surface area contributed by atoms with Crippen molar-refractivity contribution >= 4 is 11.6 Å². The zero-order valence-corrected chi connectivity index (χ0v) is 11.8. The van der Waals surface area contributed by atoms with Gasteiger partial charge in [0, 0.05) is 18.4 Å². The average Bonchev–Trinajstić information content (AvgIpc) is 2.96. The Bertz CT molecular complexity index is 761. The van der Waals surface area contributed by atoms with Gasteiger partial charge < -0.3 is 10.4 Å². The van der Waals surface area contributed by atoms with Crippen LogP contribution in [0.25, 0.3) is 5.65 Å². The van der Waals surface area contributed by atoms with Crippen LogP contribution in [0, 0.1) is 6.92 Å². The molecular weight excluding hydrogens is 270 g/mol. The molecule has 2 aromatic rings. The van der Waals surface area contributed by atoms with E-state index in [1.807, 2.05) is 0 Å². The first kappa shape index (κ1) is 13.6. The highest BCUT2D eigenvalue weighted by molar-refractivity contribution is 5.94. The Kier molecular flexibility index (Phi) is 3.37. The van der Waals surface area contributed by atoms with Crippen molar-refractivity contribution in [3.8, 4) is 5.75 Å². The molecule has 0 unspecified atom stereocenters. The molecule has 0 spiro atoms. The number of hydrogen-bond acceptors (Lipinski definition) is 4. The van der Waals surface area contributed by atoms with Gasteiger partial charge in [0.05, 0.1) is 0 Å². The number of nitrogens with one attached hydrogen (secondary N) is 1. The highest BCUT2D eigenvalue weighted by atomic mass is 16.3. The number of fused-ring (bicyclic) bond motifs is 1. The number of rotatable bonds is 2. The number of amides is 1. The van der Waals surface area contributed by atoms with Crippen molar-refractivity contribution in [2.45, 2.75) is 38.6 Å². The zero-order chi connectivity index (χ0) is 15.0. The first-order valence-corrected chi connectivity index (χ1v) is 7.08. The van der Waals surface area contributed by atoms with E-state index < -0.39 is 11.5 Å². The third-order valence-corrected chi connectivity index (χ3v) is 3.99. The lowest BCUT2D eigenvalue weighted by Crippen LogP contribution is -2.37. The zero-order valence-electron chi connectivity index (χ0n) is 11.8. The molecule has 1 fully saturated rings. The molecule has 2 N–H and O–H groups in total. The minimum Gasteiger partial charge on any atom is -0.504 e. The Balaban J connectivity index is 2.00. The monoisotopic (exact) mass is 287 g/mol. The summed E-state index contributed by atoms with van der Waals surface area (Å²) in [6, 6.07) is 1.76. The van der Waals surface area contributed by atoms with Crippen molar-refractivity contribution in [2.75, 3.05) is 0 Å². The van der Waals surface area contributed by atoms with Gasteiger partial charge in [0.25, 0.3) is 11.5 Å². The lowest BCUT2D eigenvalue weighted by atomic mass is 10.2. The molecule has 0 atom stereocenters. The quantitative estimate of drug-likeness (QED) is 0.874. The van der Waals surface area contributed by atoms with Crippen LogP contribution in [0.3, 0.4) is 0 Å². The summed E-state index contributed by atoms with van der Waals surface area (Å²) in [5, 5.41) is 12.8. The van der Waals surface area contributed by atoms with E-state index in [4.69, 9.17) is 0 Å². The van der Waals surface area contributed by atoms with Gasteiger partial charge in [-0.25, -0.2) is 4.98 Å². The van der Waals surface area contributed by atoms with E-state index in [1.165, 1.54) is 16.8 Å². The fraction of sp³-hybridized carbons (Fsp3) is 0.400. The van der Waals surface area contributed by atoms with E-state index in [1.54, 1.807) is 13.0 Å². The highest BCUT2D eigenvalue weighted by Crippen LogP contribution is 2.20. The van der Waals surface area contributed by atoms with Crippen LogP contribution >= 0.6 is 0 Å². The van der Waals surface area contributed by atoms with Gasteiger partial charge in [0.1, 0.15) is 5.56 Å². The Labute approximate surface area is 121 Å². The average molecular weight is 287 g/mol. The standard InChI is InChI=1S/C15H17N3O3/c1-9-6-7-18-13(12(9)19)16-8-11(15(18)21)14(20)17-10-4-2-3-5-10/h6-8,10,19H,2-5H2,1H3,(H,17,20). The summed E-state index contributed by atoms with van der Waals surface area (Å²) < 4.78 is 1.20. The summed E-state index contributed by atoms with van der Waals surface area (Å²) in [6.07, 6.45) is 6.87. The molecule has 110 valence electrons. The number of aromatic nitrogens is 2. The van der Waals surface area contributed by atoms with Crippen molar-refractivity contribution in [3.05, 3.63) is 39.9 Å². The summed E-state index contributed by atoms with van der Waals surface area (Å²) in [6.45, 7) is 1.72. The molecular formula is C15H17N3O3. The molecule has 2 heterocycles. The number of carbonyl (C=O) groups excluding carboxylic acids is 1. The van der Waals surface area contributed by atoms with Crippen molar-refractivity contribution < 1.29 is 9.90 Å². The van der Waals surface area contributed by atoms with E-state index in [0.717, 1.165) is 25.7 Å². The number of carbonyl (C=O) groups is 1. The fourth-order valence-electron chi connectivity index (χ4n) is 2.71. The molecule has 0 bridgehead atoms. The summed E-state index contributed by atoms with van der Waals surface area (Å²) in [4.78, 5) is 28.6. The predicted molar refractivity (Wildman–Crippen MR) is 77.6 cm³/mol. The topological polar surface area (TPSA) is 83.7 Å². The van der Waals surface area contributed by atoms with E-state index in [9.17, 15) is 14.7 Å². The Morgan fingerprint density at radius 2 is 2.14 bits per heavy atom. The smallest absolute Gasteiger partial charge is 0.270 e. The molecule has 1 aliphatic carbocycles. The summed E-state index contributed by atoms with van der Waals surface area (Å²) >= 11 is 0. The van der Waals surface area contributed by atoms with Gasteiger partial charge in [-0.05, 0) is 31.4 Å². The van der Waals surface area contributed by atoms with Gasteiger partial charge >= 0.3 is 0 Å².